The first-order chi connectivity index (χ1) is 6.65. The van der Waals surface area contributed by atoms with E-state index in [1.165, 1.54) is 6.42 Å². The van der Waals surface area contributed by atoms with Crippen molar-refractivity contribution in [2.75, 3.05) is 0 Å². The van der Waals surface area contributed by atoms with Gasteiger partial charge in [0, 0.05) is 20.2 Å². The molecule has 1 aliphatic carbocycles. The van der Waals surface area contributed by atoms with E-state index in [-0.39, 0.29) is 15.9 Å². The Balaban J connectivity index is 2.89. The lowest BCUT2D eigenvalue weighted by Gasteiger charge is -2.40. The van der Waals surface area contributed by atoms with Crippen molar-refractivity contribution in [3.8, 4) is 0 Å². The van der Waals surface area contributed by atoms with Crippen LogP contribution in [0.2, 0.25) is 0 Å². The fourth-order valence-electron chi connectivity index (χ4n) is 2.91. The van der Waals surface area contributed by atoms with E-state index in [0.29, 0.717) is 5.92 Å². The molecule has 0 aliphatic heterocycles. The third-order valence-corrected chi connectivity index (χ3v) is 6.29. The molecule has 0 aromatic rings. The number of rotatable bonds is 2. The van der Waals surface area contributed by atoms with Crippen molar-refractivity contribution < 1.29 is 4.21 Å². The minimum absolute atomic E-state index is 0.0106. The van der Waals surface area contributed by atoms with E-state index in [9.17, 15) is 4.21 Å². The second kappa shape index (κ2) is 4.08. The molecule has 1 fully saturated rings. The first-order valence-corrected chi connectivity index (χ1v) is 7.60. The summed E-state index contributed by atoms with van der Waals surface area (Å²) in [6.07, 6.45) is 3.14. The van der Waals surface area contributed by atoms with Gasteiger partial charge in [0.05, 0.1) is 0 Å². The molecule has 1 aliphatic rings. The van der Waals surface area contributed by atoms with Crippen LogP contribution in [0.3, 0.4) is 0 Å². The van der Waals surface area contributed by atoms with Crippen LogP contribution in [0.15, 0.2) is 0 Å². The van der Waals surface area contributed by atoms with Gasteiger partial charge in [-0.15, -0.1) is 0 Å². The quantitative estimate of drug-likeness (QED) is 0.774. The summed E-state index contributed by atoms with van der Waals surface area (Å²) in [6, 6.07) is 0. The van der Waals surface area contributed by atoms with Gasteiger partial charge in [-0.05, 0) is 30.6 Å². The summed E-state index contributed by atoms with van der Waals surface area (Å²) in [7, 11) is -2.40. The van der Waals surface area contributed by atoms with Crippen LogP contribution in [0.25, 0.3) is 0 Å². The Kier molecular flexibility index (Phi) is 3.54. The minimum atomic E-state index is -2.40. The van der Waals surface area contributed by atoms with Gasteiger partial charge < -0.3 is 0 Å². The van der Waals surface area contributed by atoms with Gasteiger partial charge in [-0.3, -0.25) is 4.78 Å². The summed E-state index contributed by atoms with van der Waals surface area (Å²) in [4.78, 5) is 0. The van der Waals surface area contributed by atoms with E-state index in [0.717, 1.165) is 12.8 Å². The third-order valence-electron chi connectivity index (χ3n) is 3.54. The average Bonchev–Trinajstić information content (AvgIpc) is 1.99. The van der Waals surface area contributed by atoms with Crippen LogP contribution in [0, 0.1) is 16.1 Å². The molecule has 15 heavy (non-hydrogen) atoms. The molecular weight excluding hydrogens is 206 g/mol. The second-order valence-corrected chi connectivity index (χ2v) is 9.14. The molecule has 1 rings (SSSR count). The van der Waals surface area contributed by atoms with Crippen LogP contribution in [0.4, 0.5) is 0 Å². The normalized spacial score (nSPS) is 35.1. The Morgan fingerprint density at radius 1 is 1.33 bits per heavy atom. The molecule has 1 saturated carbocycles. The highest BCUT2D eigenvalue weighted by Crippen LogP contribution is 2.41. The van der Waals surface area contributed by atoms with Crippen molar-refractivity contribution in [1.29, 1.82) is 4.78 Å². The Bertz CT molecular complexity index is 317. The zero-order valence-corrected chi connectivity index (χ0v) is 11.5. The zero-order chi connectivity index (χ0) is 11.9. The second-order valence-electron chi connectivity index (χ2n) is 6.23. The summed E-state index contributed by atoms with van der Waals surface area (Å²) >= 11 is 0. The molecule has 3 heteroatoms. The van der Waals surface area contributed by atoms with Crippen LogP contribution in [-0.2, 0) is 9.73 Å². The molecule has 0 amide bonds. The summed E-state index contributed by atoms with van der Waals surface area (Å²) in [5, 5.41) is 0.0971. The monoisotopic (exact) mass is 231 g/mol. The predicted octanol–water partition coefficient (Wildman–Crippen LogP) is 3.66. The van der Waals surface area contributed by atoms with Crippen LogP contribution in [-0.4, -0.2) is 14.7 Å². The molecule has 0 radical (unpaired) electrons. The van der Waals surface area contributed by atoms with E-state index in [1.807, 2.05) is 13.8 Å². The molecule has 3 atom stereocenters. The topological polar surface area (TPSA) is 40.9 Å². The van der Waals surface area contributed by atoms with Gasteiger partial charge in [-0.25, -0.2) is 4.21 Å². The van der Waals surface area contributed by atoms with Crippen molar-refractivity contribution in [1.82, 2.24) is 0 Å². The van der Waals surface area contributed by atoms with Gasteiger partial charge in [0.15, 0.2) is 0 Å². The number of hydrogen-bond donors (Lipinski definition) is 1. The van der Waals surface area contributed by atoms with E-state index in [1.54, 1.807) is 0 Å². The Hall–Kier alpha value is -0.0500. The molecule has 0 heterocycles. The van der Waals surface area contributed by atoms with Gasteiger partial charge in [-0.2, -0.15) is 0 Å². The predicted molar refractivity (Wildman–Crippen MR) is 66.6 cm³/mol. The largest absolute Gasteiger partial charge is 0.252 e. The average molecular weight is 231 g/mol. The summed E-state index contributed by atoms with van der Waals surface area (Å²) < 4.78 is 20.4. The standard InChI is InChI=1S/C12H25NOS/c1-9(2)15(13,14)11-6-10(3)7-12(4,5)8-11/h9-11,13H,6-8H2,1-5H3. The molecule has 0 aromatic carbocycles. The fourth-order valence-corrected chi connectivity index (χ4v) is 4.99. The van der Waals surface area contributed by atoms with Crippen molar-refractivity contribution in [3.05, 3.63) is 0 Å². The molecular formula is C12H25NOS. The molecule has 0 saturated heterocycles. The SMILES string of the molecule is CC1CC(S(=N)(=O)C(C)C)CC(C)(C)C1. The summed E-state index contributed by atoms with van der Waals surface area (Å²) in [5.74, 6) is 0.615. The zero-order valence-electron chi connectivity index (χ0n) is 10.7. The van der Waals surface area contributed by atoms with Crippen molar-refractivity contribution in [2.45, 2.75) is 64.4 Å². The molecule has 0 aromatic heterocycles. The Morgan fingerprint density at radius 3 is 2.27 bits per heavy atom. The molecule has 2 nitrogen and oxygen atoms in total. The van der Waals surface area contributed by atoms with Gasteiger partial charge >= 0.3 is 0 Å². The first kappa shape index (κ1) is 13.0. The van der Waals surface area contributed by atoms with E-state index >= 15 is 0 Å². The highest BCUT2D eigenvalue weighted by Gasteiger charge is 2.37. The number of hydrogen-bond acceptors (Lipinski definition) is 2. The van der Waals surface area contributed by atoms with Crippen LogP contribution < -0.4 is 0 Å². The van der Waals surface area contributed by atoms with Gasteiger partial charge in [0.1, 0.15) is 0 Å². The van der Waals surface area contributed by atoms with Gasteiger partial charge in [0.2, 0.25) is 0 Å². The maximum absolute atomic E-state index is 12.3. The van der Waals surface area contributed by atoms with Crippen molar-refractivity contribution >= 4 is 9.73 Å². The molecule has 0 bridgehead atoms. The van der Waals surface area contributed by atoms with Crippen LogP contribution in [0.5, 0.6) is 0 Å². The highest BCUT2D eigenvalue weighted by atomic mass is 32.2. The van der Waals surface area contributed by atoms with E-state index < -0.39 is 9.73 Å². The maximum Gasteiger partial charge on any atom is 0.0494 e. The lowest BCUT2D eigenvalue weighted by atomic mass is 9.73. The number of nitrogens with one attached hydrogen (secondary N) is 1. The molecule has 3 unspecified atom stereocenters. The molecule has 0 spiro atoms. The molecule has 1 N–H and O–H groups in total. The van der Waals surface area contributed by atoms with Gasteiger partial charge in [-0.1, -0.05) is 34.6 Å². The van der Waals surface area contributed by atoms with Crippen molar-refractivity contribution in [2.24, 2.45) is 11.3 Å². The first-order valence-electron chi connectivity index (χ1n) is 5.91. The fraction of sp³-hybridized carbons (Fsp3) is 1.00. The minimum Gasteiger partial charge on any atom is -0.252 e. The lowest BCUT2D eigenvalue weighted by Crippen LogP contribution is -2.38. The van der Waals surface area contributed by atoms with Gasteiger partial charge in [0.25, 0.3) is 0 Å². The van der Waals surface area contributed by atoms with E-state index in [2.05, 4.69) is 20.8 Å². The van der Waals surface area contributed by atoms with Crippen molar-refractivity contribution in [3.63, 3.8) is 0 Å². The highest BCUT2D eigenvalue weighted by molar-refractivity contribution is 7.93. The van der Waals surface area contributed by atoms with Crippen LogP contribution >= 0.6 is 0 Å². The Labute approximate surface area is 94.8 Å². The lowest BCUT2D eigenvalue weighted by molar-refractivity contribution is 0.194. The van der Waals surface area contributed by atoms with Crippen LogP contribution in [0.1, 0.15) is 53.9 Å². The summed E-state index contributed by atoms with van der Waals surface area (Å²) in [6.45, 7) is 10.5. The Morgan fingerprint density at radius 2 is 1.87 bits per heavy atom. The van der Waals surface area contributed by atoms with E-state index in [4.69, 9.17) is 4.78 Å². The third kappa shape index (κ3) is 2.96. The maximum atomic E-state index is 12.3. The molecule has 90 valence electrons. The smallest absolute Gasteiger partial charge is 0.0494 e. The summed E-state index contributed by atoms with van der Waals surface area (Å²) in [5.41, 5.74) is 0.265.